The topological polar surface area (TPSA) is 44.8 Å². The molecule has 2 fully saturated rings. The summed E-state index contributed by atoms with van der Waals surface area (Å²) in [5.74, 6) is -1.53. The van der Waals surface area contributed by atoms with E-state index in [1.807, 2.05) is 0 Å². The number of para-hydroxylation sites is 1. The number of carbonyl (C=O) groups excluding carboxylic acids is 1. The van der Waals surface area contributed by atoms with Gasteiger partial charge in [0.1, 0.15) is 17.3 Å². The standard InChI is InChI=1S/C16H21F2N3O2/c17-13-3-1-4-14(18)15(13)19-16(22)21-7-2-6-20(8-9-21)12-5-10-23-11-12/h1,3-4,12H,2,5-11H2,(H,19,22). The van der Waals surface area contributed by atoms with Crippen molar-refractivity contribution in [1.82, 2.24) is 9.80 Å². The molecule has 126 valence electrons. The fourth-order valence-electron chi connectivity index (χ4n) is 3.12. The van der Waals surface area contributed by atoms with Crippen LogP contribution in [0, 0.1) is 11.6 Å². The molecule has 0 aliphatic carbocycles. The molecule has 0 bridgehead atoms. The molecule has 2 amide bonds. The second kappa shape index (κ2) is 7.23. The Bertz CT molecular complexity index is 544. The lowest BCUT2D eigenvalue weighted by molar-refractivity contribution is 0.146. The zero-order valence-electron chi connectivity index (χ0n) is 12.9. The summed E-state index contributed by atoms with van der Waals surface area (Å²) in [6.45, 7) is 4.31. The number of hydrogen-bond donors (Lipinski definition) is 1. The van der Waals surface area contributed by atoms with Gasteiger partial charge in [0.25, 0.3) is 0 Å². The van der Waals surface area contributed by atoms with Gasteiger partial charge in [0.15, 0.2) is 0 Å². The first-order chi connectivity index (χ1) is 11.1. The Morgan fingerprint density at radius 2 is 1.96 bits per heavy atom. The fourth-order valence-corrected chi connectivity index (χ4v) is 3.12. The lowest BCUT2D eigenvalue weighted by Gasteiger charge is -2.26. The van der Waals surface area contributed by atoms with Crippen molar-refractivity contribution in [3.63, 3.8) is 0 Å². The number of hydrogen-bond acceptors (Lipinski definition) is 3. The minimum absolute atomic E-state index is 0.386. The summed E-state index contributed by atoms with van der Waals surface area (Å²) in [6.07, 6.45) is 1.86. The van der Waals surface area contributed by atoms with Crippen LogP contribution >= 0.6 is 0 Å². The Morgan fingerprint density at radius 3 is 2.65 bits per heavy atom. The van der Waals surface area contributed by atoms with E-state index in [0.29, 0.717) is 19.1 Å². The molecule has 5 nitrogen and oxygen atoms in total. The average molecular weight is 325 g/mol. The van der Waals surface area contributed by atoms with Crippen molar-refractivity contribution < 1.29 is 18.3 Å². The normalized spacial score (nSPS) is 22.9. The number of halogens is 2. The molecule has 2 aliphatic heterocycles. The molecule has 0 spiro atoms. The van der Waals surface area contributed by atoms with Crippen LogP contribution in [-0.4, -0.2) is 61.3 Å². The SMILES string of the molecule is O=C(Nc1c(F)cccc1F)N1CCCN(C2CCOC2)CC1. The van der Waals surface area contributed by atoms with Crippen LogP contribution < -0.4 is 5.32 Å². The van der Waals surface area contributed by atoms with Crippen LogP contribution in [0.2, 0.25) is 0 Å². The van der Waals surface area contributed by atoms with E-state index < -0.39 is 17.7 Å². The first kappa shape index (κ1) is 16.1. The number of nitrogens with zero attached hydrogens (tertiary/aromatic N) is 2. The summed E-state index contributed by atoms with van der Waals surface area (Å²) >= 11 is 0. The van der Waals surface area contributed by atoms with Crippen molar-refractivity contribution in [3.8, 4) is 0 Å². The molecule has 0 aromatic heterocycles. The van der Waals surface area contributed by atoms with Crippen LogP contribution in [0.3, 0.4) is 0 Å². The Kier molecular flexibility index (Phi) is 5.07. The quantitative estimate of drug-likeness (QED) is 0.907. The Morgan fingerprint density at radius 1 is 1.17 bits per heavy atom. The van der Waals surface area contributed by atoms with Crippen LogP contribution in [0.4, 0.5) is 19.3 Å². The van der Waals surface area contributed by atoms with Gasteiger partial charge in [-0.05, 0) is 25.0 Å². The molecular weight excluding hydrogens is 304 g/mol. The van der Waals surface area contributed by atoms with Gasteiger partial charge in [-0.3, -0.25) is 4.90 Å². The number of amides is 2. The smallest absolute Gasteiger partial charge is 0.322 e. The van der Waals surface area contributed by atoms with E-state index in [9.17, 15) is 13.6 Å². The number of nitrogens with one attached hydrogen (secondary N) is 1. The van der Waals surface area contributed by atoms with Gasteiger partial charge in [0, 0.05) is 38.8 Å². The van der Waals surface area contributed by atoms with E-state index in [4.69, 9.17) is 4.74 Å². The largest absolute Gasteiger partial charge is 0.380 e. The molecule has 7 heteroatoms. The number of urea groups is 1. The molecular formula is C16H21F2N3O2. The highest BCUT2D eigenvalue weighted by atomic mass is 19.1. The van der Waals surface area contributed by atoms with Gasteiger partial charge < -0.3 is 15.0 Å². The molecule has 23 heavy (non-hydrogen) atoms. The van der Waals surface area contributed by atoms with Crippen molar-refractivity contribution in [2.24, 2.45) is 0 Å². The van der Waals surface area contributed by atoms with Gasteiger partial charge in [-0.1, -0.05) is 6.07 Å². The lowest BCUT2D eigenvalue weighted by Crippen LogP contribution is -2.41. The summed E-state index contributed by atoms with van der Waals surface area (Å²) in [7, 11) is 0. The lowest BCUT2D eigenvalue weighted by atomic mass is 10.2. The van der Waals surface area contributed by atoms with E-state index in [0.717, 1.165) is 51.3 Å². The van der Waals surface area contributed by atoms with Gasteiger partial charge in [0.05, 0.1) is 6.61 Å². The summed E-state index contributed by atoms with van der Waals surface area (Å²) in [5, 5.41) is 2.35. The van der Waals surface area contributed by atoms with E-state index in [2.05, 4.69) is 10.2 Å². The second-order valence-electron chi connectivity index (χ2n) is 5.92. The molecule has 2 saturated heterocycles. The van der Waals surface area contributed by atoms with Crippen molar-refractivity contribution in [3.05, 3.63) is 29.8 Å². The Labute approximate surface area is 134 Å². The van der Waals surface area contributed by atoms with E-state index >= 15 is 0 Å². The maximum Gasteiger partial charge on any atom is 0.322 e. The van der Waals surface area contributed by atoms with Crippen LogP contribution in [0.25, 0.3) is 0 Å². The molecule has 0 saturated carbocycles. The number of benzene rings is 1. The minimum Gasteiger partial charge on any atom is -0.380 e. The monoisotopic (exact) mass is 325 g/mol. The van der Waals surface area contributed by atoms with E-state index in [-0.39, 0.29) is 5.69 Å². The van der Waals surface area contributed by atoms with Crippen molar-refractivity contribution >= 4 is 11.7 Å². The first-order valence-corrected chi connectivity index (χ1v) is 7.97. The van der Waals surface area contributed by atoms with Gasteiger partial charge in [-0.2, -0.15) is 0 Å². The minimum atomic E-state index is -0.766. The van der Waals surface area contributed by atoms with E-state index in [1.165, 1.54) is 6.07 Å². The van der Waals surface area contributed by atoms with Crippen molar-refractivity contribution in [2.45, 2.75) is 18.9 Å². The van der Waals surface area contributed by atoms with Gasteiger partial charge in [-0.25, -0.2) is 13.6 Å². The van der Waals surface area contributed by atoms with Crippen molar-refractivity contribution in [1.29, 1.82) is 0 Å². The van der Waals surface area contributed by atoms with Crippen molar-refractivity contribution in [2.75, 3.05) is 44.7 Å². The summed E-state index contributed by atoms with van der Waals surface area (Å²) < 4.78 is 32.7. The number of carbonyl (C=O) groups is 1. The molecule has 2 heterocycles. The van der Waals surface area contributed by atoms with Gasteiger partial charge >= 0.3 is 6.03 Å². The highest BCUT2D eigenvalue weighted by molar-refractivity contribution is 5.89. The number of rotatable bonds is 2. The Balaban J connectivity index is 1.59. The van der Waals surface area contributed by atoms with Gasteiger partial charge in [0.2, 0.25) is 0 Å². The maximum absolute atomic E-state index is 13.6. The summed E-state index contributed by atoms with van der Waals surface area (Å²) in [5.41, 5.74) is -0.386. The molecule has 2 aliphatic rings. The van der Waals surface area contributed by atoms with Crippen LogP contribution in [-0.2, 0) is 4.74 Å². The summed E-state index contributed by atoms with van der Waals surface area (Å²) in [6, 6.07) is 3.49. The number of ether oxygens (including phenoxy) is 1. The fraction of sp³-hybridized carbons (Fsp3) is 0.562. The zero-order chi connectivity index (χ0) is 16.2. The predicted octanol–water partition coefficient (Wildman–Crippen LogP) is 2.29. The number of anilines is 1. The van der Waals surface area contributed by atoms with Gasteiger partial charge in [-0.15, -0.1) is 0 Å². The Hall–Kier alpha value is -1.73. The molecule has 0 radical (unpaired) electrons. The van der Waals surface area contributed by atoms with Crippen LogP contribution in [0.15, 0.2) is 18.2 Å². The molecule has 3 rings (SSSR count). The van der Waals surface area contributed by atoms with Crippen LogP contribution in [0.5, 0.6) is 0 Å². The molecule has 1 unspecified atom stereocenters. The highest BCUT2D eigenvalue weighted by Crippen LogP contribution is 2.19. The zero-order valence-corrected chi connectivity index (χ0v) is 12.9. The van der Waals surface area contributed by atoms with E-state index in [1.54, 1.807) is 4.90 Å². The maximum atomic E-state index is 13.6. The third-order valence-corrected chi connectivity index (χ3v) is 4.43. The average Bonchev–Trinajstić information content (AvgIpc) is 2.95. The molecule has 1 atom stereocenters. The molecule has 1 N–H and O–H groups in total. The van der Waals surface area contributed by atoms with Crippen LogP contribution in [0.1, 0.15) is 12.8 Å². The highest BCUT2D eigenvalue weighted by Gasteiger charge is 2.27. The molecule has 1 aromatic carbocycles. The third kappa shape index (κ3) is 3.79. The first-order valence-electron chi connectivity index (χ1n) is 7.97. The summed E-state index contributed by atoms with van der Waals surface area (Å²) in [4.78, 5) is 16.2. The predicted molar refractivity (Wildman–Crippen MR) is 82.4 cm³/mol. The second-order valence-corrected chi connectivity index (χ2v) is 5.92. The molecule has 1 aromatic rings. The third-order valence-electron chi connectivity index (χ3n) is 4.43.